The highest BCUT2D eigenvalue weighted by molar-refractivity contribution is 6.20. The second-order valence-corrected chi connectivity index (χ2v) is 6.15. The van der Waals surface area contributed by atoms with Crippen LogP contribution in [0.1, 0.15) is 43.0 Å². The molecule has 0 radical (unpaired) electrons. The van der Waals surface area contributed by atoms with Gasteiger partial charge in [0.25, 0.3) is 5.91 Å². The molecule has 0 unspecified atom stereocenters. The number of rotatable bonds is 5. The highest BCUT2D eigenvalue weighted by Crippen LogP contribution is 2.24. The van der Waals surface area contributed by atoms with Crippen molar-refractivity contribution in [3.63, 3.8) is 0 Å². The number of imide groups is 1. The highest BCUT2D eigenvalue weighted by atomic mass is 16.5. The second kappa shape index (κ2) is 7.13. The molecule has 2 saturated heterocycles. The summed E-state index contributed by atoms with van der Waals surface area (Å²) in [6, 6.07) is 6.74. The molecule has 3 amide bonds. The van der Waals surface area contributed by atoms with Gasteiger partial charge in [-0.3, -0.25) is 19.3 Å². The molecule has 6 nitrogen and oxygen atoms in total. The first-order valence-electron chi connectivity index (χ1n) is 8.47. The lowest BCUT2D eigenvalue weighted by atomic mass is 10.1. The monoisotopic (exact) mass is 330 g/mol. The number of likely N-dealkylation sites (N-methyl/N-ethyl adjacent to an activating group) is 1. The molecule has 128 valence electrons. The van der Waals surface area contributed by atoms with E-state index in [1.54, 1.807) is 29.2 Å². The van der Waals surface area contributed by atoms with Gasteiger partial charge in [0, 0.05) is 38.1 Å². The zero-order valence-corrected chi connectivity index (χ0v) is 13.9. The topological polar surface area (TPSA) is 66.9 Å². The molecule has 24 heavy (non-hydrogen) atoms. The van der Waals surface area contributed by atoms with E-state index in [0.29, 0.717) is 24.3 Å². The van der Waals surface area contributed by atoms with Crippen molar-refractivity contribution in [1.29, 1.82) is 0 Å². The van der Waals surface area contributed by atoms with Crippen LogP contribution < -0.4 is 4.90 Å². The number of nitrogens with zero attached hydrogens (tertiary/aromatic N) is 2. The Morgan fingerprint density at radius 1 is 1.29 bits per heavy atom. The van der Waals surface area contributed by atoms with E-state index in [-0.39, 0.29) is 36.7 Å². The first kappa shape index (κ1) is 16.6. The summed E-state index contributed by atoms with van der Waals surface area (Å²) in [5.41, 5.74) is 0.960. The largest absolute Gasteiger partial charge is 0.376 e. The Kier molecular flexibility index (Phi) is 4.94. The first-order valence-corrected chi connectivity index (χ1v) is 8.47. The molecule has 2 fully saturated rings. The third-order valence-corrected chi connectivity index (χ3v) is 4.52. The van der Waals surface area contributed by atoms with E-state index in [9.17, 15) is 14.4 Å². The Balaban J connectivity index is 1.77. The van der Waals surface area contributed by atoms with Crippen LogP contribution in [0, 0.1) is 0 Å². The normalized spacial score (nSPS) is 20.7. The summed E-state index contributed by atoms with van der Waals surface area (Å²) in [4.78, 5) is 39.5. The minimum Gasteiger partial charge on any atom is -0.376 e. The average Bonchev–Trinajstić information content (AvgIpc) is 3.22. The molecule has 3 rings (SSSR count). The average molecular weight is 330 g/mol. The maximum absolute atomic E-state index is 12.8. The lowest BCUT2D eigenvalue weighted by Crippen LogP contribution is -2.37. The minimum absolute atomic E-state index is 0.0961. The maximum atomic E-state index is 12.8. The zero-order chi connectivity index (χ0) is 17.1. The molecule has 0 aliphatic carbocycles. The molecule has 0 spiro atoms. The summed E-state index contributed by atoms with van der Waals surface area (Å²) < 4.78 is 5.61. The fourth-order valence-electron chi connectivity index (χ4n) is 3.21. The lowest BCUT2D eigenvalue weighted by molar-refractivity contribution is -0.121. The Labute approximate surface area is 141 Å². The van der Waals surface area contributed by atoms with E-state index in [1.807, 2.05) is 6.92 Å². The van der Waals surface area contributed by atoms with Crippen molar-refractivity contribution in [3.05, 3.63) is 29.8 Å². The van der Waals surface area contributed by atoms with E-state index in [0.717, 1.165) is 19.4 Å². The standard InChI is InChI=1S/C18H22N2O4/c1-2-19(12-15-7-4-10-24-15)18(23)13-5-3-6-14(11-13)20-16(21)8-9-17(20)22/h3,5-6,11,15H,2,4,7-10,12H2,1H3/t15-/m1/s1. The van der Waals surface area contributed by atoms with Crippen molar-refractivity contribution in [2.45, 2.75) is 38.7 Å². The van der Waals surface area contributed by atoms with Crippen molar-refractivity contribution >= 4 is 23.4 Å². The van der Waals surface area contributed by atoms with Crippen molar-refractivity contribution in [2.24, 2.45) is 0 Å². The molecular weight excluding hydrogens is 308 g/mol. The predicted octanol–water partition coefficient (Wildman–Crippen LogP) is 1.98. The first-order chi connectivity index (χ1) is 11.6. The number of hydrogen-bond donors (Lipinski definition) is 0. The van der Waals surface area contributed by atoms with Crippen LogP contribution in [0.15, 0.2) is 24.3 Å². The van der Waals surface area contributed by atoms with Gasteiger partial charge < -0.3 is 9.64 Å². The van der Waals surface area contributed by atoms with Crippen LogP contribution in [0.2, 0.25) is 0 Å². The van der Waals surface area contributed by atoms with Gasteiger partial charge in [0.2, 0.25) is 11.8 Å². The number of amides is 3. The third kappa shape index (κ3) is 3.33. The lowest BCUT2D eigenvalue weighted by Gasteiger charge is -2.24. The van der Waals surface area contributed by atoms with Crippen LogP contribution in [0.5, 0.6) is 0 Å². The number of hydrogen-bond acceptors (Lipinski definition) is 4. The fourth-order valence-corrected chi connectivity index (χ4v) is 3.21. The number of ether oxygens (including phenoxy) is 1. The van der Waals surface area contributed by atoms with E-state index in [4.69, 9.17) is 4.74 Å². The zero-order valence-electron chi connectivity index (χ0n) is 13.9. The van der Waals surface area contributed by atoms with Crippen LogP contribution in [-0.4, -0.2) is 48.4 Å². The molecule has 0 saturated carbocycles. The number of anilines is 1. The molecule has 1 atom stereocenters. The molecule has 2 aliphatic heterocycles. The predicted molar refractivity (Wildman–Crippen MR) is 88.7 cm³/mol. The van der Waals surface area contributed by atoms with E-state index < -0.39 is 0 Å². The molecule has 0 aromatic heterocycles. The summed E-state index contributed by atoms with van der Waals surface area (Å²) in [5.74, 6) is -0.526. The summed E-state index contributed by atoms with van der Waals surface area (Å²) in [6.45, 7) is 3.85. The van der Waals surface area contributed by atoms with Crippen molar-refractivity contribution in [3.8, 4) is 0 Å². The summed E-state index contributed by atoms with van der Waals surface area (Å²) in [7, 11) is 0. The Morgan fingerprint density at radius 2 is 2.04 bits per heavy atom. The fraction of sp³-hybridized carbons (Fsp3) is 0.500. The van der Waals surface area contributed by atoms with Crippen LogP contribution in [-0.2, 0) is 14.3 Å². The van der Waals surface area contributed by atoms with Gasteiger partial charge in [0.1, 0.15) is 0 Å². The van der Waals surface area contributed by atoms with Crippen molar-refractivity contribution < 1.29 is 19.1 Å². The van der Waals surface area contributed by atoms with Crippen LogP contribution in [0.3, 0.4) is 0 Å². The van der Waals surface area contributed by atoms with Crippen molar-refractivity contribution in [1.82, 2.24) is 4.90 Å². The van der Waals surface area contributed by atoms with Crippen molar-refractivity contribution in [2.75, 3.05) is 24.6 Å². The number of carbonyl (C=O) groups is 3. The second-order valence-electron chi connectivity index (χ2n) is 6.15. The van der Waals surface area contributed by atoms with Gasteiger partial charge in [-0.1, -0.05) is 6.07 Å². The molecule has 6 heteroatoms. The molecular formula is C18H22N2O4. The van der Waals surface area contributed by atoms with Crippen LogP contribution in [0.25, 0.3) is 0 Å². The summed E-state index contributed by atoms with van der Waals surface area (Å²) >= 11 is 0. The van der Waals surface area contributed by atoms with E-state index in [2.05, 4.69) is 0 Å². The number of carbonyl (C=O) groups excluding carboxylic acids is 3. The van der Waals surface area contributed by atoms with Gasteiger partial charge in [-0.15, -0.1) is 0 Å². The highest BCUT2D eigenvalue weighted by Gasteiger charge is 2.31. The molecule has 0 bridgehead atoms. The Bertz CT molecular complexity index is 636. The third-order valence-electron chi connectivity index (χ3n) is 4.52. The van der Waals surface area contributed by atoms with Gasteiger partial charge in [-0.2, -0.15) is 0 Å². The maximum Gasteiger partial charge on any atom is 0.254 e. The quantitative estimate of drug-likeness (QED) is 0.774. The van der Waals surface area contributed by atoms with Gasteiger partial charge in [-0.05, 0) is 38.0 Å². The van der Waals surface area contributed by atoms with Gasteiger partial charge in [0.15, 0.2) is 0 Å². The molecule has 2 aliphatic rings. The van der Waals surface area contributed by atoms with Crippen LogP contribution >= 0.6 is 0 Å². The molecule has 0 N–H and O–H groups in total. The van der Waals surface area contributed by atoms with Gasteiger partial charge in [-0.25, -0.2) is 0 Å². The van der Waals surface area contributed by atoms with E-state index >= 15 is 0 Å². The van der Waals surface area contributed by atoms with Gasteiger partial charge in [0.05, 0.1) is 11.8 Å². The SMILES string of the molecule is CCN(C[C@H]1CCCO1)C(=O)c1cccc(N2C(=O)CCC2=O)c1. The smallest absolute Gasteiger partial charge is 0.254 e. The van der Waals surface area contributed by atoms with Crippen LogP contribution in [0.4, 0.5) is 5.69 Å². The molecule has 2 heterocycles. The summed E-state index contributed by atoms with van der Waals surface area (Å²) in [6.07, 6.45) is 2.57. The number of benzene rings is 1. The Morgan fingerprint density at radius 3 is 2.67 bits per heavy atom. The van der Waals surface area contributed by atoms with Gasteiger partial charge >= 0.3 is 0 Å². The summed E-state index contributed by atoms with van der Waals surface area (Å²) in [5, 5.41) is 0. The van der Waals surface area contributed by atoms with E-state index in [1.165, 1.54) is 4.90 Å². The Hall–Kier alpha value is -2.21. The minimum atomic E-state index is -0.212. The molecule has 1 aromatic rings. The molecule has 1 aromatic carbocycles.